The van der Waals surface area contributed by atoms with Gasteiger partial charge in [-0.05, 0) is 23.8 Å². The van der Waals surface area contributed by atoms with Gasteiger partial charge in [0.2, 0.25) is 12.2 Å². The summed E-state index contributed by atoms with van der Waals surface area (Å²) in [5, 5.41) is 55.8. The second kappa shape index (κ2) is 13.5. The molecule has 4 unspecified atom stereocenters. The monoisotopic (exact) mass is 623 g/mol. The fraction of sp³-hybridized carbons (Fsp3) is 0.500. The fourth-order valence-electron chi connectivity index (χ4n) is 6.00. The molecule has 6 N–H and O–H groups in total. The molecule has 4 aliphatic rings. The van der Waals surface area contributed by atoms with Crippen molar-refractivity contribution in [2.75, 3.05) is 24.6 Å². The predicted molar refractivity (Wildman–Crippen MR) is 159 cm³/mol. The van der Waals surface area contributed by atoms with Crippen molar-refractivity contribution in [1.29, 1.82) is 0 Å². The number of amides is 1. The zero-order valence-corrected chi connectivity index (χ0v) is 24.6. The van der Waals surface area contributed by atoms with Gasteiger partial charge in [-0.2, -0.15) is 0 Å². The van der Waals surface area contributed by atoms with Crippen LogP contribution in [0.4, 0.5) is 5.69 Å². The second-order valence-electron chi connectivity index (χ2n) is 11.4. The van der Waals surface area contributed by atoms with Crippen molar-refractivity contribution in [3.05, 3.63) is 65.2 Å². The number of aliphatic hydroxyl groups excluding tert-OH is 5. The van der Waals surface area contributed by atoms with Crippen molar-refractivity contribution in [2.24, 2.45) is 4.99 Å². The number of rotatable bonds is 8. The lowest BCUT2D eigenvalue weighted by molar-refractivity contribution is -0.338. The van der Waals surface area contributed by atoms with Gasteiger partial charge in [-0.25, -0.2) is 4.99 Å². The molecule has 2 saturated heterocycles. The van der Waals surface area contributed by atoms with Crippen molar-refractivity contribution in [1.82, 2.24) is 5.32 Å². The van der Waals surface area contributed by atoms with Gasteiger partial charge >= 0.3 is 0 Å². The predicted octanol–water partition coefficient (Wildman–Crippen LogP) is -0.999. The van der Waals surface area contributed by atoms with Gasteiger partial charge in [-0.1, -0.05) is 42.2 Å². The number of nitrogens with one attached hydrogen (secondary N) is 1. The largest absolute Gasteiger partial charge is 0.450 e. The van der Waals surface area contributed by atoms with E-state index in [1.807, 2.05) is 48.5 Å². The highest BCUT2D eigenvalue weighted by Gasteiger charge is 2.52. The summed E-state index contributed by atoms with van der Waals surface area (Å²) in [5.74, 6) is 6.55. The van der Waals surface area contributed by atoms with Crippen LogP contribution in [-0.4, -0.2) is 118 Å². The van der Waals surface area contributed by atoms with Gasteiger partial charge in [0, 0.05) is 37.6 Å². The zero-order valence-electron chi connectivity index (χ0n) is 24.6. The molecule has 2 fully saturated rings. The molecule has 0 aliphatic carbocycles. The second-order valence-corrected chi connectivity index (χ2v) is 11.4. The standard InChI is InChI=1S/C32H37N3O10/c1-17-34-25-27(39)30(23(16-36)44-31(25)42-17)45-32-29(41)28(40)26(38)22(43-32)14-33-13-12-24(37)35-15-20-8-3-2-6-18(20)10-11-19-7-4-5-9-21(19)35/h2-9,22-23,25-33,36,38-41H,12-16H2,1H3/t22?,23?,25?,26-,27+,28-,29?,30+,31-,32-/m0/s1. The number of ether oxygens (including phenoxy) is 4. The van der Waals surface area contributed by atoms with E-state index >= 15 is 0 Å². The summed E-state index contributed by atoms with van der Waals surface area (Å²) in [6.45, 7) is 1.68. The van der Waals surface area contributed by atoms with Crippen LogP contribution < -0.4 is 10.2 Å². The summed E-state index contributed by atoms with van der Waals surface area (Å²) in [6, 6.07) is 14.4. The Morgan fingerprint density at radius 2 is 1.71 bits per heavy atom. The lowest BCUT2D eigenvalue weighted by atomic mass is 9.96. The first-order chi connectivity index (χ1) is 21.7. The van der Waals surface area contributed by atoms with Crippen LogP contribution in [0.5, 0.6) is 0 Å². The molecule has 0 spiro atoms. The summed E-state index contributed by atoms with van der Waals surface area (Å²) in [5.41, 5.74) is 3.27. The van der Waals surface area contributed by atoms with E-state index in [-0.39, 0.29) is 25.4 Å². The highest BCUT2D eigenvalue weighted by molar-refractivity contribution is 5.95. The maximum Gasteiger partial charge on any atom is 0.228 e. The van der Waals surface area contributed by atoms with Crippen molar-refractivity contribution >= 4 is 17.5 Å². The Morgan fingerprint density at radius 3 is 2.51 bits per heavy atom. The van der Waals surface area contributed by atoms with Gasteiger partial charge < -0.3 is 54.7 Å². The van der Waals surface area contributed by atoms with E-state index in [1.54, 1.807) is 11.8 Å². The number of nitrogens with zero attached hydrogens (tertiary/aromatic N) is 2. The van der Waals surface area contributed by atoms with Gasteiger partial charge in [0.25, 0.3) is 0 Å². The molecule has 13 heteroatoms. The quantitative estimate of drug-likeness (QED) is 0.157. The number of carbonyl (C=O) groups is 1. The molecule has 240 valence electrons. The van der Waals surface area contributed by atoms with E-state index in [2.05, 4.69) is 22.2 Å². The van der Waals surface area contributed by atoms with Crippen molar-refractivity contribution in [3.8, 4) is 11.8 Å². The number of anilines is 1. The molecule has 2 aromatic carbocycles. The van der Waals surface area contributed by atoms with E-state index in [9.17, 15) is 30.3 Å². The minimum atomic E-state index is -1.66. The van der Waals surface area contributed by atoms with E-state index in [4.69, 9.17) is 18.9 Å². The topological polar surface area (TPSA) is 183 Å². The lowest BCUT2D eigenvalue weighted by Gasteiger charge is -2.45. The third-order valence-electron chi connectivity index (χ3n) is 8.43. The molecule has 0 saturated carbocycles. The average molecular weight is 624 g/mol. The molecule has 4 aliphatic heterocycles. The molecule has 2 aromatic rings. The third-order valence-corrected chi connectivity index (χ3v) is 8.43. The maximum absolute atomic E-state index is 13.5. The highest BCUT2D eigenvalue weighted by atomic mass is 16.7. The van der Waals surface area contributed by atoms with Crippen molar-refractivity contribution in [2.45, 2.75) is 81.2 Å². The van der Waals surface area contributed by atoms with Crippen LogP contribution in [0.25, 0.3) is 0 Å². The van der Waals surface area contributed by atoms with Crippen LogP contribution in [0.3, 0.4) is 0 Å². The average Bonchev–Trinajstić information content (AvgIpc) is 3.42. The number of hydrogen-bond donors (Lipinski definition) is 6. The van der Waals surface area contributed by atoms with Crippen LogP contribution in [0.1, 0.15) is 30.0 Å². The minimum Gasteiger partial charge on any atom is -0.450 e. The summed E-state index contributed by atoms with van der Waals surface area (Å²) in [6.07, 6.45) is -11.5. The van der Waals surface area contributed by atoms with Crippen LogP contribution in [-0.2, 0) is 30.3 Å². The van der Waals surface area contributed by atoms with Crippen LogP contribution in [0.15, 0.2) is 53.5 Å². The van der Waals surface area contributed by atoms with Crippen molar-refractivity contribution in [3.63, 3.8) is 0 Å². The summed E-state index contributed by atoms with van der Waals surface area (Å²) in [4.78, 5) is 19.4. The number of para-hydroxylation sites is 1. The van der Waals surface area contributed by atoms with E-state index < -0.39 is 68.0 Å². The fourth-order valence-corrected chi connectivity index (χ4v) is 6.00. The molecule has 13 nitrogen and oxygen atoms in total. The van der Waals surface area contributed by atoms with Gasteiger partial charge in [0.1, 0.15) is 48.8 Å². The minimum absolute atomic E-state index is 0.0121. The molecule has 6 rings (SSSR count). The maximum atomic E-state index is 13.5. The Bertz CT molecular complexity index is 1480. The van der Waals surface area contributed by atoms with Gasteiger partial charge in [-0.15, -0.1) is 0 Å². The molecule has 0 radical (unpaired) electrons. The number of hydrogen-bond acceptors (Lipinski definition) is 12. The van der Waals surface area contributed by atoms with E-state index in [1.165, 1.54) is 0 Å². The molecule has 0 aromatic heterocycles. The number of aliphatic hydroxyl groups is 5. The van der Waals surface area contributed by atoms with Crippen LogP contribution in [0, 0.1) is 11.8 Å². The Kier molecular flexibility index (Phi) is 9.48. The van der Waals surface area contributed by atoms with E-state index in [0.29, 0.717) is 12.4 Å². The molecular weight excluding hydrogens is 586 g/mol. The van der Waals surface area contributed by atoms with Gasteiger partial charge in [-0.3, -0.25) is 4.79 Å². The van der Waals surface area contributed by atoms with Crippen LogP contribution >= 0.6 is 0 Å². The molecule has 45 heavy (non-hydrogen) atoms. The van der Waals surface area contributed by atoms with E-state index in [0.717, 1.165) is 22.4 Å². The Labute approximate surface area is 260 Å². The molecular formula is C32H37N3O10. The number of benzene rings is 2. The first kappa shape index (κ1) is 31.6. The third kappa shape index (κ3) is 6.48. The molecule has 4 heterocycles. The normalized spacial score (nSPS) is 33.7. The summed E-state index contributed by atoms with van der Waals surface area (Å²) in [7, 11) is 0. The number of aliphatic imine (C=N–C) groups is 1. The number of fused-ring (bicyclic) bond motifs is 3. The summed E-state index contributed by atoms with van der Waals surface area (Å²) >= 11 is 0. The summed E-state index contributed by atoms with van der Waals surface area (Å²) < 4.78 is 22.8. The smallest absolute Gasteiger partial charge is 0.228 e. The first-order valence-electron chi connectivity index (χ1n) is 15.0. The van der Waals surface area contributed by atoms with Crippen LogP contribution in [0.2, 0.25) is 0 Å². The Balaban J connectivity index is 1.07. The first-order valence-corrected chi connectivity index (χ1v) is 15.0. The Morgan fingerprint density at radius 1 is 0.978 bits per heavy atom. The number of carbonyl (C=O) groups excluding carboxylic acids is 1. The van der Waals surface area contributed by atoms with Crippen molar-refractivity contribution < 1.29 is 49.3 Å². The lowest BCUT2D eigenvalue weighted by Crippen LogP contribution is -2.64. The Hall–Kier alpha value is -3.42. The molecule has 1 amide bonds. The molecule has 10 atom stereocenters. The zero-order chi connectivity index (χ0) is 31.7. The van der Waals surface area contributed by atoms with Gasteiger partial charge in [0.05, 0.1) is 18.8 Å². The SMILES string of the molecule is CC1=NC2[C@@H](O1)OC(CO)[C@@H](O[C@@H]1OC(CNCCC(=O)N3Cc4ccccc4C#Cc4ccccc43)[C@H](O)[C@H](O)C1O)[C@@H]2O. The molecule has 0 bridgehead atoms. The highest BCUT2D eigenvalue weighted by Crippen LogP contribution is 2.33. The van der Waals surface area contributed by atoms with Gasteiger partial charge in [0.15, 0.2) is 12.2 Å².